The second kappa shape index (κ2) is 13.3. The van der Waals surface area contributed by atoms with E-state index in [0.29, 0.717) is 0 Å². The standard InChI is InChI=1S/C16H35N.FH/c1-4-7-8-9-10-11-12-13-14-15-16(17,5-2)6-3;/h4-15,17H2,1-3H3;1H. The number of rotatable bonds is 12. The van der Waals surface area contributed by atoms with Crippen LogP contribution in [0.5, 0.6) is 0 Å². The maximum atomic E-state index is 6.29. The molecule has 0 atom stereocenters. The molecule has 0 amide bonds. The molecule has 2 N–H and O–H groups in total. The Morgan fingerprint density at radius 1 is 0.667 bits per heavy atom. The smallest absolute Gasteiger partial charge is 0.0149 e. The van der Waals surface area contributed by atoms with E-state index in [9.17, 15) is 0 Å². The van der Waals surface area contributed by atoms with E-state index in [-0.39, 0.29) is 10.2 Å². The molecule has 0 aliphatic carbocycles. The maximum absolute atomic E-state index is 6.29. The van der Waals surface area contributed by atoms with Gasteiger partial charge in [-0.2, -0.15) is 0 Å². The van der Waals surface area contributed by atoms with E-state index in [0.717, 1.165) is 12.8 Å². The minimum absolute atomic E-state index is 0. The van der Waals surface area contributed by atoms with Crippen LogP contribution in [0.15, 0.2) is 0 Å². The van der Waals surface area contributed by atoms with Crippen LogP contribution in [0, 0.1) is 0 Å². The molecule has 0 rings (SSSR count). The molecule has 0 unspecified atom stereocenters. The van der Waals surface area contributed by atoms with Crippen molar-refractivity contribution in [2.75, 3.05) is 0 Å². The fourth-order valence-electron chi connectivity index (χ4n) is 2.39. The SMILES string of the molecule is CCCCCCCCCCCC(N)(CC)CC.F. The topological polar surface area (TPSA) is 26.0 Å². The summed E-state index contributed by atoms with van der Waals surface area (Å²) in [5.41, 5.74) is 6.42. The van der Waals surface area contributed by atoms with Gasteiger partial charge in [0.2, 0.25) is 0 Å². The summed E-state index contributed by atoms with van der Waals surface area (Å²) >= 11 is 0. The monoisotopic (exact) mass is 261 g/mol. The molecule has 0 radical (unpaired) electrons. The van der Waals surface area contributed by atoms with Crippen LogP contribution < -0.4 is 5.73 Å². The fourth-order valence-corrected chi connectivity index (χ4v) is 2.39. The Balaban J connectivity index is 0. The summed E-state index contributed by atoms with van der Waals surface area (Å²) in [7, 11) is 0. The predicted octanol–water partition coefficient (Wildman–Crippen LogP) is 5.58. The van der Waals surface area contributed by atoms with Gasteiger partial charge >= 0.3 is 0 Å². The number of hydrogen-bond donors (Lipinski definition) is 1. The van der Waals surface area contributed by atoms with Crippen LogP contribution in [0.3, 0.4) is 0 Å². The summed E-state index contributed by atoms with van der Waals surface area (Å²) in [6.45, 7) is 6.72. The molecule has 0 saturated carbocycles. The predicted molar refractivity (Wildman–Crippen MR) is 81.8 cm³/mol. The summed E-state index contributed by atoms with van der Waals surface area (Å²) in [4.78, 5) is 0. The van der Waals surface area contributed by atoms with Gasteiger partial charge in [-0.25, -0.2) is 0 Å². The molecule has 0 heterocycles. The van der Waals surface area contributed by atoms with Crippen molar-refractivity contribution in [3.05, 3.63) is 0 Å². The molecule has 0 fully saturated rings. The third-order valence-electron chi connectivity index (χ3n) is 4.19. The van der Waals surface area contributed by atoms with Crippen LogP contribution in [0.2, 0.25) is 0 Å². The molecule has 0 spiro atoms. The number of hydrogen-bond acceptors (Lipinski definition) is 1. The molecule has 112 valence electrons. The van der Waals surface area contributed by atoms with E-state index in [1.165, 1.54) is 64.2 Å². The summed E-state index contributed by atoms with van der Waals surface area (Å²) < 4.78 is 0. The van der Waals surface area contributed by atoms with Gasteiger partial charge < -0.3 is 5.73 Å². The second-order valence-electron chi connectivity index (χ2n) is 5.65. The van der Waals surface area contributed by atoms with Gasteiger partial charge in [0.25, 0.3) is 0 Å². The molecule has 18 heavy (non-hydrogen) atoms. The van der Waals surface area contributed by atoms with Gasteiger partial charge in [0.15, 0.2) is 0 Å². The van der Waals surface area contributed by atoms with Crippen LogP contribution in [-0.2, 0) is 0 Å². The Hall–Kier alpha value is -0.110. The Kier molecular flexibility index (Phi) is 15.0. The molecular formula is C16H36FN. The molecule has 0 aliphatic heterocycles. The van der Waals surface area contributed by atoms with Crippen molar-refractivity contribution in [1.29, 1.82) is 0 Å². The highest BCUT2D eigenvalue weighted by Crippen LogP contribution is 2.20. The average molecular weight is 261 g/mol. The van der Waals surface area contributed by atoms with Crippen LogP contribution in [0.1, 0.15) is 97.8 Å². The van der Waals surface area contributed by atoms with E-state index >= 15 is 0 Å². The third kappa shape index (κ3) is 11.0. The van der Waals surface area contributed by atoms with E-state index < -0.39 is 0 Å². The van der Waals surface area contributed by atoms with Gasteiger partial charge in [-0.05, 0) is 19.3 Å². The Morgan fingerprint density at radius 3 is 1.44 bits per heavy atom. The van der Waals surface area contributed by atoms with E-state index in [4.69, 9.17) is 5.73 Å². The van der Waals surface area contributed by atoms with Crippen LogP contribution in [-0.4, -0.2) is 5.54 Å². The lowest BCUT2D eigenvalue weighted by molar-refractivity contribution is 0.350. The maximum Gasteiger partial charge on any atom is 0.0149 e. The molecule has 0 aliphatic rings. The van der Waals surface area contributed by atoms with Gasteiger partial charge in [0.05, 0.1) is 0 Å². The van der Waals surface area contributed by atoms with Crippen molar-refractivity contribution in [2.24, 2.45) is 5.73 Å². The first-order valence-electron chi connectivity index (χ1n) is 7.97. The third-order valence-corrected chi connectivity index (χ3v) is 4.19. The zero-order valence-corrected chi connectivity index (χ0v) is 13.0. The van der Waals surface area contributed by atoms with Gasteiger partial charge in [-0.3, -0.25) is 4.70 Å². The first-order chi connectivity index (χ1) is 8.18. The number of unbranched alkanes of at least 4 members (excludes halogenated alkanes) is 8. The van der Waals surface area contributed by atoms with Gasteiger partial charge in [-0.15, -0.1) is 0 Å². The molecule has 0 bridgehead atoms. The van der Waals surface area contributed by atoms with Gasteiger partial charge in [0.1, 0.15) is 0 Å². The first-order valence-corrected chi connectivity index (χ1v) is 7.97. The molecule has 0 aromatic rings. The summed E-state index contributed by atoms with van der Waals surface area (Å²) in [5.74, 6) is 0. The van der Waals surface area contributed by atoms with Crippen molar-refractivity contribution in [1.82, 2.24) is 0 Å². The molecule has 0 aromatic carbocycles. The van der Waals surface area contributed by atoms with E-state index in [1.807, 2.05) is 0 Å². The Morgan fingerprint density at radius 2 is 1.06 bits per heavy atom. The van der Waals surface area contributed by atoms with Gasteiger partial charge in [-0.1, -0.05) is 78.6 Å². The van der Waals surface area contributed by atoms with Crippen LogP contribution >= 0.6 is 0 Å². The number of nitrogens with two attached hydrogens (primary N) is 1. The highest BCUT2D eigenvalue weighted by molar-refractivity contribution is 4.80. The Bertz CT molecular complexity index is 155. The van der Waals surface area contributed by atoms with E-state index in [1.54, 1.807) is 0 Å². The normalized spacial score (nSPS) is 11.3. The summed E-state index contributed by atoms with van der Waals surface area (Å²) in [6.07, 6.45) is 16.1. The minimum Gasteiger partial charge on any atom is -0.325 e. The molecule has 0 aromatic heterocycles. The highest BCUT2D eigenvalue weighted by Gasteiger charge is 2.18. The van der Waals surface area contributed by atoms with Crippen molar-refractivity contribution in [2.45, 2.75) is 103 Å². The molecular weight excluding hydrogens is 225 g/mol. The van der Waals surface area contributed by atoms with Crippen molar-refractivity contribution >= 4 is 0 Å². The fraction of sp³-hybridized carbons (Fsp3) is 1.00. The second-order valence-corrected chi connectivity index (χ2v) is 5.65. The van der Waals surface area contributed by atoms with Crippen LogP contribution in [0.4, 0.5) is 4.70 Å². The number of halogens is 1. The lowest BCUT2D eigenvalue weighted by Gasteiger charge is -2.26. The first kappa shape index (κ1) is 20.2. The van der Waals surface area contributed by atoms with Gasteiger partial charge in [0, 0.05) is 5.54 Å². The lowest BCUT2D eigenvalue weighted by atomic mass is 9.88. The average Bonchev–Trinajstić information content (AvgIpc) is 2.36. The Labute approximate surface area is 114 Å². The quantitative estimate of drug-likeness (QED) is 0.456. The molecule has 0 saturated heterocycles. The zero-order chi connectivity index (χ0) is 13.0. The van der Waals surface area contributed by atoms with Crippen molar-refractivity contribution in [3.8, 4) is 0 Å². The minimum atomic E-state index is 0. The highest BCUT2D eigenvalue weighted by atomic mass is 19.0. The molecule has 1 nitrogen and oxygen atoms in total. The van der Waals surface area contributed by atoms with Crippen molar-refractivity contribution in [3.63, 3.8) is 0 Å². The van der Waals surface area contributed by atoms with E-state index in [2.05, 4.69) is 20.8 Å². The summed E-state index contributed by atoms with van der Waals surface area (Å²) in [6, 6.07) is 0. The molecule has 2 heteroatoms. The van der Waals surface area contributed by atoms with Crippen molar-refractivity contribution < 1.29 is 4.70 Å². The summed E-state index contributed by atoms with van der Waals surface area (Å²) in [5, 5.41) is 0. The largest absolute Gasteiger partial charge is 0.325 e. The zero-order valence-electron chi connectivity index (χ0n) is 13.0. The van der Waals surface area contributed by atoms with Crippen LogP contribution in [0.25, 0.3) is 0 Å². The lowest BCUT2D eigenvalue weighted by Crippen LogP contribution is -2.38.